The molecule has 0 atom stereocenters. The molecule has 0 saturated carbocycles. The second-order valence-corrected chi connectivity index (χ2v) is 4.37. The Hall–Kier alpha value is -2.04. The fourth-order valence-electron chi connectivity index (χ4n) is 1.72. The lowest BCUT2D eigenvalue weighted by molar-refractivity contribution is 0.624. The summed E-state index contributed by atoms with van der Waals surface area (Å²) in [5, 5.41) is 3.20. The fourth-order valence-corrected chi connectivity index (χ4v) is 1.72. The van der Waals surface area contributed by atoms with Gasteiger partial charge in [0.25, 0.3) is 0 Å². The van der Waals surface area contributed by atoms with Crippen LogP contribution >= 0.6 is 0 Å². The number of anilines is 1. The maximum Gasteiger partial charge on any atom is 0.153 e. The summed E-state index contributed by atoms with van der Waals surface area (Å²) < 4.78 is 13.9. The van der Waals surface area contributed by atoms with Gasteiger partial charge in [-0.15, -0.1) is 0 Å². The number of nitrogens with one attached hydrogen (secondary N) is 1. The zero-order valence-electron chi connectivity index (χ0n) is 11.4. The molecule has 0 spiro atoms. The average Bonchev–Trinajstić information content (AvgIpc) is 2.40. The van der Waals surface area contributed by atoms with Crippen molar-refractivity contribution in [1.29, 1.82) is 0 Å². The molecule has 0 bridgehead atoms. The first-order chi connectivity index (χ1) is 9.13. The molecule has 0 aliphatic heterocycles. The van der Waals surface area contributed by atoms with Gasteiger partial charge in [-0.3, -0.25) is 4.98 Å². The van der Waals surface area contributed by atoms with E-state index >= 15 is 0 Å². The molecule has 0 saturated heterocycles. The number of hydrogen-bond donors (Lipinski definition) is 1. The molecule has 2 rings (SSSR count). The van der Waals surface area contributed by atoms with Gasteiger partial charge in [-0.2, -0.15) is 0 Å². The fraction of sp³-hybridized carbons (Fsp3) is 0.357. The summed E-state index contributed by atoms with van der Waals surface area (Å²) >= 11 is 0. The van der Waals surface area contributed by atoms with Gasteiger partial charge in [0.1, 0.15) is 5.69 Å². The molecule has 0 unspecified atom stereocenters. The Balaban J connectivity index is 2.54. The Morgan fingerprint density at radius 3 is 2.63 bits per heavy atom. The van der Waals surface area contributed by atoms with Gasteiger partial charge >= 0.3 is 0 Å². The Morgan fingerprint density at radius 1 is 1.21 bits per heavy atom. The quantitative estimate of drug-likeness (QED) is 0.917. The van der Waals surface area contributed by atoms with E-state index in [1.54, 1.807) is 12.3 Å². The zero-order valence-corrected chi connectivity index (χ0v) is 11.4. The number of hydrogen-bond acceptors (Lipinski definition) is 4. The molecule has 2 aromatic rings. The molecule has 0 aromatic carbocycles. The molecule has 4 nitrogen and oxygen atoms in total. The van der Waals surface area contributed by atoms with E-state index < -0.39 is 0 Å². The van der Waals surface area contributed by atoms with Crippen molar-refractivity contribution >= 4 is 5.82 Å². The number of rotatable bonds is 4. The van der Waals surface area contributed by atoms with E-state index in [1.807, 2.05) is 13.8 Å². The van der Waals surface area contributed by atoms with Gasteiger partial charge in [-0.05, 0) is 26.3 Å². The number of aryl methyl sites for hydroxylation is 2. The normalized spacial score (nSPS) is 10.5. The second kappa shape index (κ2) is 5.73. The zero-order chi connectivity index (χ0) is 13.8. The molecule has 1 N–H and O–H groups in total. The summed E-state index contributed by atoms with van der Waals surface area (Å²) in [6.45, 7) is 6.60. The third kappa shape index (κ3) is 2.86. The molecule has 2 aromatic heterocycles. The Kier molecular flexibility index (Phi) is 4.04. The van der Waals surface area contributed by atoms with Crippen molar-refractivity contribution in [3.8, 4) is 11.3 Å². The SMILES string of the molecule is CCCNc1nc(C)c(C)nc1-c1ccncc1F. The van der Waals surface area contributed by atoms with Gasteiger partial charge in [0.15, 0.2) is 11.6 Å². The number of aromatic nitrogens is 3. The molecule has 0 aliphatic rings. The summed E-state index contributed by atoms with van der Waals surface area (Å²) in [7, 11) is 0. The first-order valence-corrected chi connectivity index (χ1v) is 6.32. The van der Waals surface area contributed by atoms with Gasteiger partial charge < -0.3 is 5.32 Å². The Bertz CT molecular complexity index is 584. The van der Waals surface area contributed by atoms with Crippen LogP contribution in [0.15, 0.2) is 18.5 Å². The van der Waals surface area contributed by atoms with Crippen LogP contribution in [0, 0.1) is 19.7 Å². The Morgan fingerprint density at radius 2 is 1.95 bits per heavy atom. The third-order valence-electron chi connectivity index (χ3n) is 2.88. The lowest BCUT2D eigenvalue weighted by atomic mass is 10.1. The summed E-state index contributed by atoms with van der Waals surface area (Å²) in [5.41, 5.74) is 2.60. The van der Waals surface area contributed by atoms with Crippen LogP contribution < -0.4 is 5.32 Å². The molecule has 100 valence electrons. The minimum Gasteiger partial charge on any atom is -0.368 e. The Labute approximate surface area is 112 Å². The third-order valence-corrected chi connectivity index (χ3v) is 2.88. The van der Waals surface area contributed by atoms with Gasteiger partial charge in [-0.1, -0.05) is 6.92 Å². The maximum atomic E-state index is 13.9. The van der Waals surface area contributed by atoms with Crippen LogP contribution in [-0.4, -0.2) is 21.5 Å². The highest BCUT2D eigenvalue weighted by Gasteiger charge is 2.14. The van der Waals surface area contributed by atoms with Crippen molar-refractivity contribution < 1.29 is 4.39 Å². The minimum absolute atomic E-state index is 0.389. The number of halogens is 1. The van der Waals surface area contributed by atoms with Crippen LogP contribution in [0.25, 0.3) is 11.3 Å². The van der Waals surface area contributed by atoms with E-state index in [-0.39, 0.29) is 5.82 Å². The lowest BCUT2D eigenvalue weighted by Crippen LogP contribution is -2.08. The predicted molar refractivity (Wildman–Crippen MR) is 73.5 cm³/mol. The highest BCUT2D eigenvalue weighted by molar-refractivity contribution is 5.71. The standard InChI is InChI=1S/C14H17FN4/c1-4-6-17-14-13(18-9(2)10(3)19-14)11-5-7-16-8-12(11)15/h5,7-8H,4,6H2,1-3H3,(H,17,19). The van der Waals surface area contributed by atoms with E-state index in [9.17, 15) is 4.39 Å². The monoisotopic (exact) mass is 260 g/mol. The summed E-state index contributed by atoms with van der Waals surface area (Å²) in [6.07, 6.45) is 3.71. The van der Waals surface area contributed by atoms with Gasteiger partial charge in [0, 0.05) is 18.3 Å². The number of pyridine rings is 1. The lowest BCUT2D eigenvalue weighted by Gasteiger charge is -2.12. The number of nitrogens with zero attached hydrogens (tertiary/aromatic N) is 3. The van der Waals surface area contributed by atoms with Crippen LogP contribution in [0.5, 0.6) is 0 Å². The molecular weight excluding hydrogens is 243 g/mol. The van der Waals surface area contributed by atoms with Crippen molar-refractivity contribution in [3.63, 3.8) is 0 Å². The minimum atomic E-state index is -0.389. The molecule has 0 radical (unpaired) electrons. The molecule has 5 heteroatoms. The van der Waals surface area contributed by atoms with Crippen LogP contribution in [0.3, 0.4) is 0 Å². The maximum absolute atomic E-state index is 13.9. The summed E-state index contributed by atoms with van der Waals surface area (Å²) in [6, 6.07) is 1.62. The van der Waals surface area contributed by atoms with Gasteiger partial charge in [0.05, 0.1) is 17.6 Å². The molecular formula is C14H17FN4. The van der Waals surface area contributed by atoms with Crippen molar-refractivity contribution in [2.45, 2.75) is 27.2 Å². The summed E-state index contributed by atoms with van der Waals surface area (Å²) in [4.78, 5) is 12.7. The van der Waals surface area contributed by atoms with Crippen LogP contribution in [0.4, 0.5) is 10.2 Å². The molecule has 0 amide bonds. The molecule has 19 heavy (non-hydrogen) atoms. The van der Waals surface area contributed by atoms with Crippen molar-refractivity contribution in [3.05, 3.63) is 35.7 Å². The van der Waals surface area contributed by atoms with Crippen LogP contribution in [-0.2, 0) is 0 Å². The molecule has 0 fully saturated rings. The van der Waals surface area contributed by atoms with Crippen molar-refractivity contribution in [2.75, 3.05) is 11.9 Å². The first-order valence-electron chi connectivity index (χ1n) is 6.32. The highest BCUT2D eigenvalue weighted by atomic mass is 19.1. The topological polar surface area (TPSA) is 50.7 Å². The molecule has 0 aliphatic carbocycles. The van der Waals surface area contributed by atoms with E-state index in [0.29, 0.717) is 17.1 Å². The van der Waals surface area contributed by atoms with Crippen LogP contribution in [0.1, 0.15) is 24.7 Å². The average molecular weight is 260 g/mol. The van der Waals surface area contributed by atoms with Gasteiger partial charge in [0.2, 0.25) is 0 Å². The van der Waals surface area contributed by atoms with E-state index in [0.717, 1.165) is 24.4 Å². The van der Waals surface area contributed by atoms with Crippen LogP contribution in [0.2, 0.25) is 0 Å². The second-order valence-electron chi connectivity index (χ2n) is 4.37. The van der Waals surface area contributed by atoms with Crippen molar-refractivity contribution in [2.24, 2.45) is 0 Å². The largest absolute Gasteiger partial charge is 0.368 e. The van der Waals surface area contributed by atoms with E-state index in [4.69, 9.17) is 0 Å². The van der Waals surface area contributed by atoms with E-state index in [2.05, 4.69) is 27.2 Å². The summed E-state index contributed by atoms with van der Waals surface area (Å²) in [5.74, 6) is 0.231. The molecule has 2 heterocycles. The highest BCUT2D eigenvalue weighted by Crippen LogP contribution is 2.27. The smallest absolute Gasteiger partial charge is 0.153 e. The van der Waals surface area contributed by atoms with Crippen molar-refractivity contribution in [1.82, 2.24) is 15.0 Å². The van der Waals surface area contributed by atoms with E-state index in [1.165, 1.54) is 6.20 Å². The first kappa shape index (κ1) is 13.4. The predicted octanol–water partition coefficient (Wildman–Crippen LogP) is 3.12. The van der Waals surface area contributed by atoms with Gasteiger partial charge in [-0.25, -0.2) is 14.4 Å².